The quantitative estimate of drug-likeness (QED) is 0.749. The van der Waals surface area contributed by atoms with Crippen molar-refractivity contribution in [1.29, 1.82) is 0 Å². The second-order valence-corrected chi connectivity index (χ2v) is 3.82. The molecule has 6 heteroatoms. The van der Waals surface area contributed by atoms with Crippen molar-refractivity contribution in [3.8, 4) is 0 Å². The Hall–Kier alpha value is -1.69. The molecule has 1 rings (SSSR count). The van der Waals surface area contributed by atoms with E-state index < -0.39 is 0 Å². The van der Waals surface area contributed by atoms with E-state index >= 15 is 0 Å². The Morgan fingerprint density at radius 1 is 1.39 bits per heavy atom. The van der Waals surface area contributed by atoms with Gasteiger partial charge in [-0.1, -0.05) is 6.92 Å². The van der Waals surface area contributed by atoms with Crippen LogP contribution in [-0.4, -0.2) is 52.1 Å². The van der Waals surface area contributed by atoms with E-state index in [1.54, 1.807) is 6.20 Å². The maximum atomic E-state index is 12.0. The lowest BCUT2D eigenvalue weighted by Gasteiger charge is -2.18. The van der Waals surface area contributed by atoms with Gasteiger partial charge in [-0.3, -0.25) is 4.79 Å². The molecule has 0 aliphatic rings. The number of aliphatic hydroxyl groups excluding tert-OH is 1. The molecule has 0 fully saturated rings. The fraction of sp³-hybridized carbons (Fsp3) is 0.583. The molecule has 1 amide bonds. The van der Waals surface area contributed by atoms with Crippen LogP contribution in [0.3, 0.4) is 0 Å². The van der Waals surface area contributed by atoms with Crippen LogP contribution >= 0.6 is 0 Å². The highest BCUT2D eigenvalue weighted by Gasteiger charge is 2.15. The second-order valence-electron chi connectivity index (χ2n) is 3.82. The Labute approximate surface area is 107 Å². The Morgan fingerprint density at radius 2 is 2.17 bits per heavy atom. The Bertz CT molecular complexity index is 367. The molecule has 0 spiro atoms. The third-order valence-corrected chi connectivity index (χ3v) is 2.47. The Balaban J connectivity index is 2.68. The van der Waals surface area contributed by atoms with Gasteiger partial charge in [0.2, 0.25) is 0 Å². The summed E-state index contributed by atoms with van der Waals surface area (Å²) in [6, 6.07) is 0. The molecule has 0 aromatic carbocycles. The number of hydrogen-bond donors (Lipinski definition) is 2. The predicted molar refractivity (Wildman–Crippen MR) is 69.5 cm³/mol. The van der Waals surface area contributed by atoms with Crippen LogP contribution < -0.4 is 5.32 Å². The van der Waals surface area contributed by atoms with Gasteiger partial charge in [-0.15, -0.1) is 0 Å². The van der Waals surface area contributed by atoms with Crippen molar-refractivity contribution in [2.24, 2.45) is 0 Å². The summed E-state index contributed by atoms with van der Waals surface area (Å²) >= 11 is 0. The minimum Gasteiger partial charge on any atom is -0.395 e. The molecule has 0 aliphatic heterocycles. The van der Waals surface area contributed by atoms with Gasteiger partial charge in [0.15, 0.2) is 0 Å². The fourth-order valence-electron chi connectivity index (χ4n) is 1.47. The van der Waals surface area contributed by atoms with Gasteiger partial charge in [-0.2, -0.15) is 0 Å². The van der Waals surface area contributed by atoms with Crippen molar-refractivity contribution in [3.05, 3.63) is 18.1 Å². The molecule has 0 saturated carbocycles. The van der Waals surface area contributed by atoms with E-state index in [2.05, 4.69) is 22.2 Å². The summed E-state index contributed by atoms with van der Waals surface area (Å²) in [6.07, 6.45) is 4.01. The number of likely N-dealkylation sites (N-methyl/N-ethyl adjacent to an activating group) is 1. The second kappa shape index (κ2) is 7.60. The number of aromatic nitrogens is 2. The molecule has 0 unspecified atom stereocenters. The molecule has 0 radical (unpaired) electrons. The summed E-state index contributed by atoms with van der Waals surface area (Å²) in [5.41, 5.74) is 0.298. The van der Waals surface area contributed by atoms with Crippen LogP contribution in [0.1, 0.15) is 30.8 Å². The Kier molecular flexibility index (Phi) is 6.07. The maximum Gasteiger partial charge on any atom is 0.274 e. The number of rotatable bonds is 7. The van der Waals surface area contributed by atoms with Crippen LogP contribution in [0.5, 0.6) is 0 Å². The van der Waals surface area contributed by atoms with E-state index in [1.165, 1.54) is 11.1 Å². The van der Waals surface area contributed by atoms with Gasteiger partial charge in [-0.25, -0.2) is 9.97 Å². The smallest absolute Gasteiger partial charge is 0.274 e. The first-order valence-electron chi connectivity index (χ1n) is 6.19. The molecule has 1 aromatic rings. The van der Waals surface area contributed by atoms with E-state index in [9.17, 15) is 4.79 Å². The highest BCUT2D eigenvalue weighted by Crippen LogP contribution is 2.04. The van der Waals surface area contributed by atoms with E-state index in [1.807, 2.05) is 6.92 Å². The zero-order valence-electron chi connectivity index (χ0n) is 10.9. The van der Waals surface area contributed by atoms with Crippen LogP contribution in [0, 0.1) is 0 Å². The van der Waals surface area contributed by atoms with Crippen molar-refractivity contribution in [2.45, 2.75) is 20.3 Å². The summed E-state index contributed by atoms with van der Waals surface area (Å²) in [5.74, 6) is 0.458. The van der Waals surface area contributed by atoms with Crippen LogP contribution in [0.15, 0.2) is 12.4 Å². The number of hydrogen-bond acceptors (Lipinski definition) is 5. The highest BCUT2D eigenvalue weighted by atomic mass is 16.3. The van der Waals surface area contributed by atoms with E-state index in [-0.39, 0.29) is 12.5 Å². The van der Waals surface area contributed by atoms with Gasteiger partial charge >= 0.3 is 0 Å². The van der Waals surface area contributed by atoms with Crippen molar-refractivity contribution in [2.75, 3.05) is 31.6 Å². The van der Waals surface area contributed by atoms with Crippen molar-refractivity contribution < 1.29 is 9.90 Å². The summed E-state index contributed by atoms with van der Waals surface area (Å²) in [6.45, 7) is 5.55. The van der Waals surface area contributed by atoms with E-state index in [0.717, 1.165) is 13.0 Å². The van der Waals surface area contributed by atoms with E-state index in [0.29, 0.717) is 24.6 Å². The molecule has 0 atom stereocenters. The fourth-order valence-corrected chi connectivity index (χ4v) is 1.47. The van der Waals surface area contributed by atoms with Crippen molar-refractivity contribution in [1.82, 2.24) is 14.9 Å². The normalized spacial score (nSPS) is 10.2. The lowest BCUT2D eigenvalue weighted by atomic mass is 10.3. The molecule has 2 N–H and O–H groups in total. The van der Waals surface area contributed by atoms with Crippen molar-refractivity contribution >= 4 is 11.7 Å². The number of carbonyl (C=O) groups is 1. The molecular weight excluding hydrogens is 232 g/mol. The molecule has 18 heavy (non-hydrogen) atoms. The largest absolute Gasteiger partial charge is 0.395 e. The maximum absolute atomic E-state index is 12.0. The molecule has 0 aliphatic carbocycles. The van der Waals surface area contributed by atoms with Gasteiger partial charge in [0.05, 0.1) is 19.0 Å². The molecule has 0 bridgehead atoms. The standard InChI is InChI=1S/C12H20N4O2/c1-3-5-13-11-9-14-10(8-15-11)12(18)16(4-2)6-7-17/h8-9,17H,3-7H2,1-2H3,(H,13,15). The predicted octanol–water partition coefficient (Wildman–Crippen LogP) is 0.753. The molecular formula is C12H20N4O2. The number of nitrogens with zero attached hydrogens (tertiary/aromatic N) is 3. The minimum absolute atomic E-state index is 0.0524. The average molecular weight is 252 g/mol. The van der Waals surface area contributed by atoms with Crippen LogP contribution in [0.4, 0.5) is 5.82 Å². The molecule has 1 aromatic heterocycles. The molecule has 100 valence electrons. The van der Waals surface area contributed by atoms with Crippen LogP contribution in [0.25, 0.3) is 0 Å². The monoisotopic (exact) mass is 252 g/mol. The third kappa shape index (κ3) is 3.96. The van der Waals surface area contributed by atoms with Crippen LogP contribution in [-0.2, 0) is 0 Å². The van der Waals surface area contributed by atoms with Gasteiger partial charge < -0.3 is 15.3 Å². The van der Waals surface area contributed by atoms with Gasteiger partial charge in [-0.05, 0) is 13.3 Å². The lowest BCUT2D eigenvalue weighted by Crippen LogP contribution is -2.33. The minimum atomic E-state index is -0.207. The van der Waals surface area contributed by atoms with Gasteiger partial charge in [0, 0.05) is 19.6 Å². The topological polar surface area (TPSA) is 78.4 Å². The molecule has 0 saturated heterocycles. The number of amides is 1. The first-order chi connectivity index (χ1) is 8.72. The lowest BCUT2D eigenvalue weighted by molar-refractivity contribution is 0.0725. The number of nitrogens with one attached hydrogen (secondary N) is 1. The summed E-state index contributed by atoms with van der Waals surface area (Å²) < 4.78 is 0. The summed E-state index contributed by atoms with van der Waals surface area (Å²) in [5, 5.41) is 12.0. The number of aliphatic hydroxyl groups is 1. The third-order valence-electron chi connectivity index (χ3n) is 2.47. The average Bonchev–Trinajstić information content (AvgIpc) is 2.42. The zero-order valence-corrected chi connectivity index (χ0v) is 10.9. The van der Waals surface area contributed by atoms with Crippen molar-refractivity contribution in [3.63, 3.8) is 0 Å². The number of carbonyl (C=O) groups excluding carboxylic acids is 1. The highest BCUT2D eigenvalue weighted by molar-refractivity contribution is 5.92. The number of anilines is 1. The van der Waals surface area contributed by atoms with E-state index in [4.69, 9.17) is 5.11 Å². The SMILES string of the molecule is CCCNc1cnc(C(=O)N(CC)CCO)cn1. The first-order valence-corrected chi connectivity index (χ1v) is 6.19. The van der Waals surface area contributed by atoms with Crippen LogP contribution in [0.2, 0.25) is 0 Å². The first kappa shape index (κ1) is 14.4. The van der Waals surface area contributed by atoms with Gasteiger partial charge in [0.25, 0.3) is 5.91 Å². The Morgan fingerprint density at radius 3 is 2.67 bits per heavy atom. The summed E-state index contributed by atoms with van der Waals surface area (Å²) in [4.78, 5) is 21.7. The van der Waals surface area contributed by atoms with Gasteiger partial charge in [0.1, 0.15) is 11.5 Å². The molecule has 6 nitrogen and oxygen atoms in total. The zero-order chi connectivity index (χ0) is 13.4. The summed E-state index contributed by atoms with van der Waals surface area (Å²) in [7, 11) is 0. The molecule has 1 heterocycles.